The molecule has 1 aromatic rings. The molecule has 1 atom stereocenters. The predicted molar refractivity (Wildman–Crippen MR) is 101 cm³/mol. The summed E-state index contributed by atoms with van der Waals surface area (Å²) in [5, 5.41) is 0. The van der Waals surface area contributed by atoms with Gasteiger partial charge in [-0.05, 0) is 63.4 Å². The van der Waals surface area contributed by atoms with Crippen LogP contribution in [-0.2, 0) is 16.0 Å². The summed E-state index contributed by atoms with van der Waals surface area (Å²) < 4.78 is 10.8. The van der Waals surface area contributed by atoms with Gasteiger partial charge in [0.2, 0.25) is 0 Å². The van der Waals surface area contributed by atoms with Crippen LogP contribution in [-0.4, -0.2) is 56.8 Å². The van der Waals surface area contributed by atoms with Gasteiger partial charge in [0.05, 0.1) is 19.1 Å². The number of likely N-dealkylation sites (tertiary alicyclic amines) is 1. The lowest BCUT2D eigenvalue weighted by molar-refractivity contribution is -0.158. The quantitative estimate of drug-likeness (QED) is 0.722. The monoisotopic (exact) mass is 361 g/mol. The van der Waals surface area contributed by atoms with E-state index in [2.05, 4.69) is 21.8 Å². The van der Waals surface area contributed by atoms with E-state index in [-0.39, 0.29) is 5.97 Å². The molecule has 3 rings (SSSR count). The van der Waals surface area contributed by atoms with Crippen molar-refractivity contribution in [1.82, 2.24) is 15.8 Å². The Morgan fingerprint density at radius 3 is 2.81 bits per heavy atom. The van der Waals surface area contributed by atoms with Gasteiger partial charge in [-0.2, -0.15) is 0 Å². The van der Waals surface area contributed by atoms with Gasteiger partial charge in [-0.25, -0.2) is 0 Å². The Kier molecular flexibility index (Phi) is 6.51. The minimum absolute atomic E-state index is 0.0527. The molecule has 2 N–H and O–H groups in total. The molecule has 1 aromatic carbocycles. The molecule has 6 heteroatoms. The molecule has 1 unspecified atom stereocenters. The molecule has 2 aliphatic rings. The first-order valence-electron chi connectivity index (χ1n) is 9.66. The Bertz CT molecular complexity index is 594. The number of ether oxygens (including phenoxy) is 2. The molecular weight excluding hydrogens is 330 g/mol. The minimum atomic E-state index is -0.430. The molecule has 2 fully saturated rings. The second-order valence-corrected chi connectivity index (χ2v) is 7.39. The summed E-state index contributed by atoms with van der Waals surface area (Å²) in [6.07, 6.45) is 3.54. The maximum absolute atomic E-state index is 12.8. The first-order valence-corrected chi connectivity index (χ1v) is 9.66. The zero-order valence-corrected chi connectivity index (χ0v) is 15.9. The molecule has 6 nitrogen and oxygen atoms in total. The first-order chi connectivity index (χ1) is 12.6. The summed E-state index contributed by atoms with van der Waals surface area (Å²) >= 11 is 0. The Labute approximate surface area is 156 Å². The third-order valence-corrected chi connectivity index (χ3v) is 5.60. The molecule has 0 radical (unpaired) electrons. The van der Waals surface area contributed by atoms with Gasteiger partial charge >= 0.3 is 5.97 Å². The van der Waals surface area contributed by atoms with E-state index in [1.165, 1.54) is 0 Å². The standard InChI is InChI=1S/C20H31N3O3/c1-3-26-19(24)20(14-16-5-4-6-18(13-16)25-2)8-11-23(12-9-20)15-17-7-10-21-22-17/h4-6,13,17,21-22H,3,7-12,14-15H2,1-2H3. The number of benzene rings is 1. The van der Waals surface area contributed by atoms with Crippen LogP contribution < -0.4 is 15.6 Å². The Balaban J connectivity index is 1.68. The molecule has 0 saturated carbocycles. The minimum Gasteiger partial charge on any atom is -0.497 e. The predicted octanol–water partition coefficient (Wildman–Crippen LogP) is 1.75. The van der Waals surface area contributed by atoms with Gasteiger partial charge in [0.15, 0.2) is 0 Å². The summed E-state index contributed by atoms with van der Waals surface area (Å²) in [5.41, 5.74) is 7.22. The highest BCUT2D eigenvalue weighted by Gasteiger charge is 2.43. The molecule has 26 heavy (non-hydrogen) atoms. The highest BCUT2D eigenvalue weighted by atomic mass is 16.5. The summed E-state index contributed by atoms with van der Waals surface area (Å²) in [7, 11) is 1.67. The molecule has 0 aromatic heterocycles. The average Bonchev–Trinajstić information content (AvgIpc) is 3.17. The number of nitrogens with one attached hydrogen (secondary N) is 2. The van der Waals surface area contributed by atoms with Crippen molar-refractivity contribution in [3.63, 3.8) is 0 Å². The highest BCUT2D eigenvalue weighted by molar-refractivity contribution is 5.77. The van der Waals surface area contributed by atoms with Crippen LogP contribution in [0.15, 0.2) is 24.3 Å². The number of methoxy groups -OCH3 is 1. The number of nitrogens with zero attached hydrogens (tertiary/aromatic N) is 1. The van der Waals surface area contributed by atoms with E-state index in [4.69, 9.17) is 9.47 Å². The number of carbonyl (C=O) groups excluding carboxylic acids is 1. The number of hydrogen-bond acceptors (Lipinski definition) is 6. The molecule has 2 saturated heterocycles. The normalized spacial score (nSPS) is 22.9. The van der Waals surface area contributed by atoms with Gasteiger partial charge in [-0.3, -0.25) is 15.6 Å². The van der Waals surface area contributed by atoms with Crippen molar-refractivity contribution in [2.24, 2.45) is 5.41 Å². The van der Waals surface area contributed by atoms with Crippen molar-refractivity contribution >= 4 is 5.97 Å². The fourth-order valence-electron chi connectivity index (χ4n) is 4.06. The number of carbonyl (C=O) groups is 1. The van der Waals surface area contributed by atoms with Crippen LogP contribution in [0.25, 0.3) is 0 Å². The molecule has 2 heterocycles. The van der Waals surface area contributed by atoms with Crippen LogP contribution in [0.2, 0.25) is 0 Å². The molecular formula is C20H31N3O3. The van der Waals surface area contributed by atoms with Crippen LogP contribution >= 0.6 is 0 Å². The maximum atomic E-state index is 12.8. The number of piperidine rings is 1. The molecule has 0 bridgehead atoms. The third-order valence-electron chi connectivity index (χ3n) is 5.60. The van der Waals surface area contributed by atoms with Gasteiger partial charge in [0, 0.05) is 19.1 Å². The third kappa shape index (κ3) is 4.55. The lowest BCUT2D eigenvalue weighted by Crippen LogP contribution is -2.49. The summed E-state index contributed by atoms with van der Waals surface area (Å²) in [5.74, 6) is 0.780. The van der Waals surface area contributed by atoms with E-state index in [1.54, 1.807) is 7.11 Å². The van der Waals surface area contributed by atoms with E-state index < -0.39 is 5.41 Å². The largest absolute Gasteiger partial charge is 0.497 e. The van der Waals surface area contributed by atoms with E-state index in [1.807, 2.05) is 25.1 Å². The average molecular weight is 361 g/mol. The fourth-order valence-corrected chi connectivity index (χ4v) is 4.06. The van der Waals surface area contributed by atoms with Crippen LogP contribution in [0.4, 0.5) is 0 Å². The zero-order chi connectivity index (χ0) is 18.4. The van der Waals surface area contributed by atoms with E-state index in [9.17, 15) is 4.79 Å². The van der Waals surface area contributed by atoms with Crippen molar-refractivity contribution < 1.29 is 14.3 Å². The highest BCUT2D eigenvalue weighted by Crippen LogP contribution is 2.37. The molecule has 0 amide bonds. The number of rotatable bonds is 7. The molecule has 2 aliphatic heterocycles. The van der Waals surface area contributed by atoms with Crippen molar-refractivity contribution in [2.45, 2.75) is 38.6 Å². The lowest BCUT2D eigenvalue weighted by atomic mass is 9.73. The number of hydrogen-bond donors (Lipinski definition) is 2. The van der Waals surface area contributed by atoms with Gasteiger partial charge in [-0.15, -0.1) is 0 Å². The number of esters is 1. The summed E-state index contributed by atoms with van der Waals surface area (Å²) in [4.78, 5) is 15.3. The Morgan fingerprint density at radius 1 is 1.35 bits per heavy atom. The van der Waals surface area contributed by atoms with Crippen LogP contribution in [0, 0.1) is 5.41 Å². The van der Waals surface area contributed by atoms with E-state index in [0.717, 1.165) is 56.8 Å². The summed E-state index contributed by atoms with van der Waals surface area (Å²) in [6, 6.07) is 8.53. The van der Waals surface area contributed by atoms with Gasteiger partial charge in [0.1, 0.15) is 5.75 Å². The summed E-state index contributed by atoms with van der Waals surface area (Å²) in [6.45, 7) is 6.24. The smallest absolute Gasteiger partial charge is 0.312 e. The topological polar surface area (TPSA) is 62.8 Å². The maximum Gasteiger partial charge on any atom is 0.312 e. The van der Waals surface area contributed by atoms with Gasteiger partial charge in [-0.1, -0.05) is 12.1 Å². The van der Waals surface area contributed by atoms with Gasteiger partial charge < -0.3 is 14.4 Å². The van der Waals surface area contributed by atoms with Crippen LogP contribution in [0.3, 0.4) is 0 Å². The van der Waals surface area contributed by atoms with Crippen molar-refractivity contribution in [3.05, 3.63) is 29.8 Å². The lowest BCUT2D eigenvalue weighted by Gasteiger charge is -2.40. The van der Waals surface area contributed by atoms with Crippen molar-refractivity contribution in [2.75, 3.05) is 39.9 Å². The second-order valence-electron chi connectivity index (χ2n) is 7.39. The van der Waals surface area contributed by atoms with Crippen LogP contribution in [0.1, 0.15) is 31.7 Å². The molecule has 144 valence electrons. The fraction of sp³-hybridized carbons (Fsp3) is 0.650. The van der Waals surface area contributed by atoms with Crippen molar-refractivity contribution in [1.29, 1.82) is 0 Å². The van der Waals surface area contributed by atoms with Gasteiger partial charge in [0.25, 0.3) is 0 Å². The molecule has 0 aliphatic carbocycles. The van der Waals surface area contributed by atoms with E-state index in [0.29, 0.717) is 19.1 Å². The molecule has 0 spiro atoms. The zero-order valence-electron chi connectivity index (χ0n) is 15.9. The van der Waals surface area contributed by atoms with E-state index >= 15 is 0 Å². The van der Waals surface area contributed by atoms with Crippen LogP contribution in [0.5, 0.6) is 5.75 Å². The van der Waals surface area contributed by atoms with Crippen molar-refractivity contribution in [3.8, 4) is 5.75 Å². The Morgan fingerprint density at radius 2 is 2.15 bits per heavy atom. The number of hydrazine groups is 1. The Hall–Kier alpha value is -1.63. The second kappa shape index (κ2) is 8.84. The SMILES string of the molecule is CCOC(=O)C1(Cc2cccc(OC)c2)CCN(CC2CCNN2)CC1. The first kappa shape index (κ1) is 19.1.